The van der Waals surface area contributed by atoms with E-state index in [1.165, 1.54) is 12.8 Å². The number of aromatic nitrogens is 2. The van der Waals surface area contributed by atoms with Crippen LogP contribution < -0.4 is 15.0 Å². The lowest BCUT2D eigenvalue weighted by atomic mass is 10.2. The Hall–Kier alpha value is -1.36. The Kier molecular flexibility index (Phi) is 4.75. The topological polar surface area (TPSA) is 50.3 Å². The van der Waals surface area contributed by atoms with Gasteiger partial charge in [-0.1, -0.05) is 6.92 Å². The van der Waals surface area contributed by atoms with Gasteiger partial charge in [0.15, 0.2) is 5.82 Å². The SMILES string of the molecule is CCCOc1cncc(N2CCCC2CNC)n1. The molecule has 0 aromatic carbocycles. The molecule has 0 bridgehead atoms. The smallest absolute Gasteiger partial charge is 0.234 e. The van der Waals surface area contributed by atoms with E-state index in [-0.39, 0.29) is 0 Å². The fraction of sp³-hybridized carbons (Fsp3) is 0.692. The average Bonchev–Trinajstić information content (AvgIpc) is 2.85. The first-order valence-electron chi connectivity index (χ1n) is 6.71. The summed E-state index contributed by atoms with van der Waals surface area (Å²) in [6.07, 6.45) is 6.92. The second-order valence-electron chi connectivity index (χ2n) is 4.61. The third kappa shape index (κ3) is 3.10. The van der Waals surface area contributed by atoms with Crippen molar-refractivity contribution >= 4 is 5.82 Å². The molecule has 5 heteroatoms. The minimum atomic E-state index is 0.519. The highest BCUT2D eigenvalue weighted by Gasteiger charge is 2.25. The van der Waals surface area contributed by atoms with Crippen molar-refractivity contribution in [2.24, 2.45) is 0 Å². The summed E-state index contributed by atoms with van der Waals surface area (Å²) < 4.78 is 5.53. The molecule has 0 amide bonds. The molecular formula is C13H22N4O. The maximum absolute atomic E-state index is 5.53. The van der Waals surface area contributed by atoms with Crippen molar-refractivity contribution in [2.75, 3.05) is 31.6 Å². The van der Waals surface area contributed by atoms with E-state index in [1.54, 1.807) is 6.20 Å². The molecule has 1 aromatic rings. The molecule has 1 aliphatic rings. The van der Waals surface area contributed by atoms with Gasteiger partial charge in [0.2, 0.25) is 5.88 Å². The number of ether oxygens (including phenoxy) is 1. The summed E-state index contributed by atoms with van der Waals surface area (Å²) in [5, 5.41) is 3.24. The van der Waals surface area contributed by atoms with E-state index in [2.05, 4.69) is 27.1 Å². The molecule has 1 N–H and O–H groups in total. The molecule has 2 heterocycles. The number of nitrogens with one attached hydrogen (secondary N) is 1. The van der Waals surface area contributed by atoms with E-state index >= 15 is 0 Å². The van der Waals surface area contributed by atoms with Crippen LogP contribution >= 0.6 is 0 Å². The van der Waals surface area contributed by atoms with Crippen molar-refractivity contribution in [3.8, 4) is 5.88 Å². The van der Waals surface area contributed by atoms with Crippen molar-refractivity contribution in [2.45, 2.75) is 32.2 Å². The molecule has 1 atom stereocenters. The maximum Gasteiger partial charge on any atom is 0.234 e. The van der Waals surface area contributed by atoms with Gasteiger partial charge < -0.3 is 15.0 Å². The number of hydrogen-bond donors (Lipinski definition) is 1. The minimum absolute atomic E-state index is 0.519. The van der Waals surface area contributed by atoms with Gasteiger partial charge in [-0.2, -0.15) is 4.98 Å². The average molecular weight is 250 g/mol. The highest BCUT2D eigenvalue weighted by Crippen LogP contribution is 2.24. The van der Waals surface area contributed by atoms with Crippen molar-refractivity contribution < 1.29 is 4.74 Å². The van der Waals surface area contributed by atoms with Crippen LogP contribution in [-0.2, 0) is 0 Å². The molecule has 1 saturated heterocycles. The lowest BCUT2D eigenvalue weighted by Crippen LogP contribution is -2.37. The quantitative estimate of drug-likeness (QED) is 0.828. The van der Waals surface area contributed by atoms with Gasteiger partial charge in [0, 0.05) is 19.1 Å². The molecule has 2 rings (SSSR count). The Morgan fingerprint density at radius 3 is 3.17 bits per heavy atom. The molecule has 0 spiro atoms. The zero-order valence-electron chi connectivity index (χ0n) is 11.2. The number of likely N-dealkylation sites (N-methyl/N-ethyl adjacent to an activating group) is 1. The van der Waals surface area contributed by atoms with Gasteiger partial charge in [0.1, 0.15) is 0 Å². The second kappa shape index (κ2) is 6.54. The highest BCUT2D eigenvalue weighted by molar-refractivity contribution is 5.40. The van der Waals surface area contributed by atoms with E-state index in [1.807, 2.05) is 13.2 Å². The summed E-state index contributed by atoms with van der Waals surface area (Å²) in [7, 11) is 1.99. The highest BCUT2D eigenvalue weighted by atomic mass is 16.5. The van der Waals surface area contributed by atoms with Gasteiger partial charge in [-0.3, -0.25) is 4.98 Å². The van der Waals surface area contributed by atoms with E-state index in [0.29, 0.717) is 18.5 Å². The van der Waals surface area contributed by atoms with Crippen LogP contribution in [0, 0.1) is 0 Å². The standard InChI is InChI=1S/C13H22N4O/c1-3-7-18-13-10-15-9-12(16-13)17-6-4-5-11(17)8-14-2/h9-11,14H,3-8H2,1-2H3. The maximum atomic E-state index is 5.53. The van der Waals surface area contributed by atoms with Crippen molar-refractivity contribution in [1.82, 2.24) is 15.3 Å². The van der Waals surface area contributed by atoms with Crippen LogP contribution in [0.3, 0.4) is 0 Å². The summed E-state index contributed by atoms with van der Waals surface area (Å²) in [6, 6.07) is 0.519. The van der Waals surface area contributed by atoms with Crippen LogP contribution in [0.1, 0.15) is 26.2 Å². The molecule has 18 heavy (non-hydrogen) atoms. The molecule has 100 valence electrons. The third-order valence-electron chi connectivity index (χ3n) is 3.16. The molecule has 5 nitrogen and oxygen atoms in total. The van der Waals surface area contributed by atoms with Gasteiger partial charge >= 0.3 is 0 Å². The van der Waals surface area contributed by atoms with E-state index in [9.17, 15) is 0 Å². The van der Waals surface area contributed by atoms with Gasteiger partial charge in [0.05, 0.1) is 19.0 Å². The van der Waals surface area contributed by atoms with Gasteiger partial charge in [-0.05, 0) is 26.3 Å². The van der Waals surface area contributed by atoms with Crippen LogP contribution in [0.4, 0.5) is 5.82 Å². The normalized spacial score (nSPS) is 19.2. The Bertz CT molecular complexity index is 372. The van der Waals surface area contributed by atoms with Gasteiger partial charge in [-0.25, -0.2) is 0 Å². The Labute approximate surface area is 109 Å². The van der Waals surface area contributed by atoms with Crippen LogP contribution in [0.15, 0.2) is 12.4 Å². The molecule has 0 aliphatic carbocycles. The lowest BCUT2D eigenvalue weighted by Gasteiger charge is -2.25. The zero-order chi connectivity index (χ0) is 12.8. The number of rotatable bonds is 6. The van der Waals surface area contributed by atoms with Crippen LogP contribution in [0.2, 0.25) is 0 Å². The first-order chi connectivity index (χ1) is 8.85. The van der Waals surface area contributed by atoms with Crippen molar-refractivity contribution in [1.29, 1.82) is 0 Å². The molecular weight excluding hydrogens is 228 g/mol. The predicted octanol–water partition coefficient (Wildman–Crippen LogP) is 1.45. The molecule has 0 radical (unpaired) electrons. The minimum Gasteiger partial charge on any atom is -0.477 e. The van der Waals surface area contributed by atoms with Crippen LogP contribution in [0.25, 0.3) is 0 Å². The molecule has 1 unspecified atom stereocenters. The molecule has 1 aliphatic heterocycles. The monoisotopic (exact) mass is 250 g/mol. The lowest BCUT2D eigenvalue weighted by molar-refractivity contribution is 0.304. The number of nitrogens with zero attached hydrogens (tertiary/aromatic N) is 3. The summed E-state index contributed by atoms with van der Waals surface area (Å²) in [5.74, 6) is 1.56. The van der Waals surface area contributed by atoms with Gasteiger partial charge in [-0.15, -0.1) is 0 Å². The van der Waals surface area contributed by atoms with E-state index < -0.39 is 0 Å². The van der Waals surface area contributed by atoms with Crippen LogP contribution in [0.5, 0.6) is 5.88 Å². The van der Waals surface area contributed by atoms with E-state index in [4.69, 9.17) is 4.74 Å². The fourth-order valence-corrected chi connectivity index (χ4v) is 2.34. The molecule has 0 saturated carbocycles. The number of anilines is 1. The Morgan fingerprint density at radius 2 is 2.39 bits per heavy atom. The largest absolute Gasteiger partial charge is 0.477 e. The predicted molar refractivity (Wildman–Crippen MR) is 72.1 cm³/mol. The summed E-state index contributed by atoms with van der Waals surface area (Å²) in [4.78, 5) is 11.1. The van der Waals surface area contributed by atoms with Gasteiger partial charge in [0.25, 0.3) is 0 Å². The fourth-order valence-electron chi connectivity index (χ4n) is 2.34. The van der Waals surface area contributed by atoms with Crippen molar-refractivity contribution in [3.63, 3.8) is 0 Å². The first kappa shape index (κ1) is 13.1. The molecule has 1 aromatic heterocycles. The first-order valence-corrected chi connectivity index (χ1v) is 6.71. The summed E-state index contributed by atoms with van der Waals surface area (Å²) in [5.41, 5.74) is 0. The third-order valence-corrected chi connectivity index (χ3v) is 3.16. The zero-order valence-corrected chi connectivity index (χ0v) is 11.2. The van der Waals surface area contributed by atoms with Crippen LogP contribution in [-0.4, -0.2) is 42.8 Å². The Balaban J connectivity index is 2.07. The summed E-state index contributed by atoms with van der Waals surface area (Å²) >= 11 is 0. The van der Waals surface area contributed by atoms with E-state index in [0.717, 1.165) is 25.3 Å². The number of hydrogen-bond acceptors (Lipinski definition) is 5. The molecule has 1 fully saturated rings. The summed E-state index contributed by atoms with van der Waals surface area (Å²) in [6.45, 7) is 4.82. The van der Waals surface area contributed by atoms with Crippen molar-refractivity contribution in [3.05, 3.63) is 12.4 Å². The Morgan fingerprint density at radius 1 is 1.50 bits per heavy atom. The second-order valence-corrected chi connectivity index (χ2v) is 4.61.